The van der Waals surface area contributed by atoms with Gasteiger partial charge in [0.1, 0.15) is 11.4 Å². The number of alkyl halides is 3. The SMILES string of the molecule is Nc1ccc2c(c1)cc(C(=O)N[C@@H]1CCOC1)n2Cc1cccc(OC(F)(F)F)c1. The van der Waals surface area contributed by atoms with E-state index in [0.29, 0.717) is 30.2 Å². The molecule has 0 spiro atoms. The quantitative estimate of drug-likeness (QED) is 0.619. The molecule has 1 saturated heterocycles. The van der Waals surface area contributed by atoms with Crippen LogP contribution >= 0.6 is 0 Å². The number of amides is 1. The molecule has 6 nitrogen and oxygen atoms in total. The molecule has 1 atom stereocenters. The zero-order chi connectivity index (χ0) is 21.3. The van der Waals surface area contributed by atoms with Crippen LogP contribution in [0.3, 0.4) is 0 Å². The van der Waals surface area contributed by atoms with Crippen LogP contribution in [0.5, 0.6) is 5.75 Å². The highest BCUT2D eigenvalue weighted by atomic mass is 19.4. The van der Waals surface area contributed by atoms with E-state index in [0.717, 1.165) is 17.3 Å². The van der Waals surface area contributed by atoms with Crippen molar-refractivity contribution in [1.29, 1.82) is 0 Å². The van der Waals surface area contributed by atoms with Gasteiger partial charge in [0.2, 0.25) is 0 Å². The molecule has 0 saturated carbocycles. The normalized spacial score (nSPS) is 16.7. The van der Waals surface area contributed by atoms with Crippen LogP contribution < -0.4 is 15.8 Å². The second kappa shape index (κ2) is 7.91. The van der Waals surface area contributed by atoms with Crippen LogP contribution in [0.4, 0.5) is 18.9 Å². The lowest BCUT2D eigenvalue weighted by atomic mass is 10.2. The summed E-state index contributed by atoms with van der Waals surface area (Å²) < 4.78 is 48.7. The molecule has 0 radical (unpaired) electrons. The third-order valence-corrected chi connectivity index (χ3v) is 4.90. The minimum Gasteiger partial charge on any atom is -0.406 e. The molecule has 2 heterocycles. The van der Waals surface area contributed by atoms with Crippen LogP contribution in [0.25, 0.3) is 10.9 Å². The smallest absolute Gasteiger partial charge is 0.406 e. The Labute approximate surface area is 170 Å². The Hall–Kier alpha value is -3.20. The Morgan fingerprint density at radius 3 is 2.80 bits per heavy atom. The first-order chi connectivity index (χ1) is 14.3. The molecular formula is C21H20F3N3O3. The van der Waals surface area contributed by atoms with Crippen molar-refractivity contribution in [1.82, 2.24) is 9.88 Å². The Balaban J connectivity index is 1.68. The van der Waals surface area contributed by atoms with Gasteiger partial charge in [0, 0.05) is 29.7 Å². The number of ether oxygens (including phenoxy) is 2. The van der Waals surface area contributed by atoms with E-state index >= 15 is 0 Å². The number of anilines is 1. The lowest BCUT2D eigenvalue weighted by Gasteiger charge is -2.15. The van der Waals surface area contributed by atoms with Gasteiger partial charge in [-0.1, -0.05) is 12.1 Å². The van der Waals surface area contributed by atoms with Crippen molar-refractivity contribution < 1.29 is 27.4 Å². The van der Waals surface area contributed by atoms with E-state index in [4.69, 9.17) is 10.5 Å². The molecule has 0 bridgehead atoms. The van der Waals surface area contributed by atoms with Crippen molar-refractivity contribution in [2.45, 2.75) is 25.4 Å². The van der Waals surface area contributed by atoms with E-state index < -0.39 is 6.36 Å². The van der Waals surface area contributed by atoms with Crippen molar-refractivity contribution >= 4 is 22.5 Å². The van der Waals surface area contributed by atoms with Gasteiger partial charge in [0.25, 0.3) is 5.91 Å². The largest absolute Gasteiger partial charge is 0.573 e. The number of nitrogens with two attached hydrogens (primary N) is 1. The van der Waals surface area contributed by atoms with Gasteiger partial charge in [-0.15, -0.1) is 13.2 Å². The monoisotopic (exact) mass is 419 g/mol. The fourth-order valence-corrected chi connectivity index (χ4v) is 3.58. The van der Waals surface area contributed by atoms with Crippen molar-refractivity contribution in [3.8, 4) is 5.75 Å². The van der Waals surface area contributed by atoms with Gasteiger partial charge in [-0.05, 0) is 48.4 Å². The van der Waals surface area contributed by atoms with Crippen LogP contribution in [0.1, 0.15) is 22.5 Å². The molecule has 0 aliphatic carbocycles. The Bertz CT molecular complexity index is 1070. The van der Waals surface area contributed by atoms with Crippen molar-refractivity contribution in [3.05, 3.63) is 59.8 Å². The van der Waals surface area contributed by atoms with E-state index in [1.807, 2.05) is 0 Å². The molecule has 9 heteroatoms. The molecule has 1 fully saturated rings. The summed E-state index contributed by atoms with van der Waals surface area (Å²) in [5.74, 6) is -0.585. The molecule has 0 unspecified atom stereocenters. The zero-order valence-electron chi connectivity index (χ0n) is 15.9. The fraction of sp³-hybridized carbons (Fsp3) is 0.286. The van der Waals surface area contributed by atoms with Gasteiger partial charge in [-0.3, -0.25) is 4.79 Å². The topological polar surface area (TPSA) is 78.5 Å². The van der Waals surface area contributed by atoms with Gasteiger partial charge in [0.05, 0.1) is 12.6 Å². The summed E-state index contributed by atoms with van der Waals surface area (Å²) in [6.07, 6.45) is -4.04. The Morgan fingerprint density at radius 1 is 1.23 bits per heavy atom. The highest BCUT2D eigenvalue weighted by molar-refractivity contribution is 5.99. The third kappa shape index (κ3) is 4.51. The number of hydrogen-bond donors (Lipinski definition) is 2. The number of benzene rings is 2. The van der Waals surface area contributed by atoms with Gasteiger partial charge in [-0.2, -0.15) is 0 Å². The van der Waals surface area contributed by atoms with E-state index in [1.165, 1.54) is 18.2 Å². The third-order valence-electron chi connectivity index (χ3n) is 4.90. The number of nitrogens with one attached hydrogen (secondary N) is 1. The molecule has 30 heavy (non-hydrogen) atoms. The number of aromatic nitrogens is 1. The molecule has 1 aliphatic heterocycles. The Kier molecular flexibility index (Phi) is 5.29. The number of nitrogen functional groups attached to an aromatic ring is 1. The average molecular weight is 419 g/mol. The molecule has 2 aromatic carbocycles. The molecule has 1 amide bonds. The van der Waals surface area contributed by atoms with Gasteiger partial charge in [-0.25, -0.2) is 0 Å². The standard InChI is InChI=1S/C21H20F3N3O3/c22-21(23,24)30-17-3-1-2-13(8-17)11-27-18-5-4-15(25)9-14(18)10-19(27)20(28)26-16-6-7-29-12-16/h1-5,8-10,16H,6-7,11-12,25H2,(H,26,28)/t16-/m1/s1. The van der Waals surface area contributed by atoms with Crippen LogP contribution in [0.2, 0.25) is 0 Å². The maximum atomic E-state index is 12.9. The number of nitrogens with zero attached hydrogens (tertiary/aromatic N) is 1. The molecule has 3 N–H and O–H groups in total. The van der Waals surface area contributed by atoms with Gasteiger partial charge < -0.3 is 25.1 Å². The molecule has 1 aliphatic rings. The number of carbonyl (C=O) groups excluding carboxylic acids is 1. The first kappa shape index (κ1) is 20.1. The second-order valence-corrected chi connectivity index (χ2v) is 7.16. The maximum Gasteiger partial charge on any atom is 0.573 e. The first-order valence-corrected chi connectivity index (χ1v) is 9.40. The van der Waals surface area contributed by atoms with Crippen molar-refractivity contribution in [2.75, 3.05) is 18.9 Å². The average Bonchev–Trinajstić information content (AvgIpc) is 3.28. The lowest BCUT2D eigenvalue weighted by Crippen LogP contribution is -2.36. The summed E-state index contributed by atoms with van der Waals surface area (Å²) in [6.45, 7) is 1.23. The minimum absolute atomic E-state index is 0.0717. The summed E-state index contributed by atoms with van der Waals surface area (Å²) in [6, 6.07) is 12.6. The highest BCUT2D eigenvalue weighted by Gasteiger charge is 2.31. The van der Waals surface area contributed by atoms with Crippen LogP contribution in [-0.4, -0.2) is 36.1 Å². The van der Waals surface area contributed by atoms with Gasteiger partial charge in [0.15, 0.2) is 0 Å². The predicted molar refractivity (Wildman–Crippen MR) is 105 cm³/mol. The van der Waals surface area contributed by atoms with Crippen LogP contribution in [0.15, 0.2) is 48.5 Å². The highest BCUT2D eigenvalue weighted by Crippen LogP contribution is 2.27. The van der Waals surface area contributed by atoms with Crippen molar-refractivity contribution in [2.24, 2.45) is 0 Å². The molecule has 158 valence electrons. The van der Waals surface area contributed by atoms with E-state index in [1.54, 1.807) is 34.9 Å². The van der Waals surface area contributed by atoms with Crippen LogP contribution in [-0.2, 0) is 11.3 Å². The summed E-state index contributed by atoms with van der Waals surface area (Å²) in [5.41, 5.74) is 8.13. The summed E-state index contributed by atoms with van der Waals surface area (Å²) in [4.78, 5) is 12.9. The molecule has 1 aromatic heterocycles. The number of fused-ring (bicyclic) bond motifs is 1. The van der Waals surface area contributed by atoms with Gasteiger partial charge >= 0.3 is 6.36 Å². The Morgan fingerprint density at radius 2 is 2.07 bits per heavy atom. The first-order valence-electron chi connectivity index (χ1n) is 9.40. The van der Waals surface area contributed by atoms with Crippen molar-refractivity contribution in [3.63, 3.8) is 0 Å². The molecule has 4 rings (SSSR count). The van der Waals surface area contributed by atoms with Crippen LogP contribution in [0, 0.1) is 0 Å². The predicted octanol–water partition coefficient (Wildman–Crippen LogP) is 3.69. The lowest BCUT2D eigenvalue weighted by molar-refractivity contribution is -0.274. The zero-order valence-corrected chi connectivity index (χ0v) is 15.9. The molecule has 3 aromatic rings. The summed E-state index contributed by atoms with van der Waals surface area (Å²) in [7, 11) is 0. The number of hydrogen-bond acceptors (Lipinski definition) is 4. The number of halogens is 3. The summed E-state index contributed by atoms with van der Waals surface area (Å²) in [5, 5.41) is 3.72. The number of rotatable bonds is 5. The summed E-state index contributed by atoms with van der Waals surface area (Å²) >= 11 is 0. The fourth-order valence-electron chi connectivity index (χ4n) is 3.58. The number of carbonyl (C=O) groups is 1. The van der Waals surface area contributed by atoms with E-state index in [2.05, 4.69) is 10.1 Å². The van der Waals surface area contributed by atoms with E-state index in [-0.39, 0.29) is 24.2 Å². The molecular weight excluding hydrogens is 399 g/mol. The second-order valence-electron chi connectivity index (χ2n) is 7.16. The maximum absolute atomic E-state index is 12.9. The van der Waals surface area contributed by atoms with E-state index in [9.17, 15) is 18.0 Å². The minimum atomic E-state index is -4.77.